The van der Waals surface area contributed by atoms with Gasteiger partial charge in [0.1, 0.15) is 5.82 Å². The average molecular weight is 464 g/mol. The Hall–Kier alpha value is -4.65. The molecule has 35 heavy (non-hydrogen) atoms. The van der Waals surface area contributed by atoms with Crippen molar-refractivity contribution in [1.82, 2.24) is 10.4 Å². The fourth-order valence-electron chi connectivity index (χ4n) is 3.94. The average Bonchev–Trinajstić information content (AvgIpc) is 3.36. The SMILES string of the molecule is O=C(NN=Cc1ccc(N2N=C(c3ccccc3)CC2c2ccc(F)cc2)cc1)c1ccncc1. The van der Waals surface area contributed by atoms with Gasteiger partial charge in [-0.25, -0.2) is 9.82 Å². The van der Waals surface area contributed by atoms with E-state index in [1.54, 1.807) is 30.7 Å². The van der Waals surface area contributed by atoms with Gasteiger partial charge in [-0.15, -0.1) is 0 Å². The number of rotatable bonds is 6. The van der Waals surface area contributed by atoms with Crippen LogP contribution in [0.1, 0.15) is 39.5 Å². The minimum Gasteiger partial charge on any atom is -0.267 e. The molecule has 3 aromatic carbocycles. The van der Waals surface area contributed by atoms with Crippen LogP contribution in [0.25, 0.3) is 0 Å². The van der Waals surface area contributed by atoms with Crippen LogP contribution < -0.4 is 10.4 Å². The van der Waals surface area contributed by atoms with E-state index >= 15 is 0 Å². The number of amides is 1. The third-order valence-electron chi connectivity index (χ3n) is 5.75. The number of hydrogen-bond donors (Lipinski definition) is 1. The molecule has 1 atom stereocenters. The molecule has 172 valence electrons. The van der Waals surface area contributed by atoms with Gasteiger partial charge in [-0.2, -0.15) is 10.2 Å². The number of nitrogens with one attached hydrogen (secondary N) is 1. The largest absolute Gasteiger partial charge is 0.271 e. The lowest BCUT2D eigenvalue weighted by molar-refractivity contribution is 0.0955. The van der Waals surface area contributed by atoms with Crippen LogP contribution in [0.5, 0.6) is 0 Å². The summed E-state index contributed by atoms with van der Waals surface area (Å²) in [6.07, 6.45) is 5.41. The molecule has 1 aromatic heterocycles. The van der Waals surface area contributed by atoms with Gasteiger partial charge in [-0.1, -0.05) is 54.6 Å². The zero-order chi connectivity index (χ0) is 24.0. The van der Waals surface area contributed by atoms with Crippen molar-refractivity contribution >= 4 is 23.5 Å². The highest BCUT2D eigenvalue weighted by Gasteiger charge is 2.29. The number of anilines is 1. The Balaban J connectivity index is 1.35. The van der Waals surface area contributed by atoms with Gasteiger partial charge in [0.25, 0.3) is 5.91 Å². The van der Waals surface area contributed by atoms with Crippen molar-refractivity contribution in [2.24, 2.45) is 10.2 Å². The molecule has 0 spiro atoms. The van der Waals surface area contributed by atoms with Crippen LogP contribution in [0.3, 0.4) is 0 Å². The lowest BCUT2D eigenvalue weighted by Crippen LogP contribution is -2.18. The van der Waals surface area contributed by atoms with Crippen LogP contribution in [0, 0.1) is 5.82 Å². The smallest absolute Gasteiger partial charge is 0.267 e. The van der Waals surface area contributed by atoms with Crippen LogP contribution in [0.15, 0.2) is 114 Å². The van der Waals surface area contributed by atoms with Crippen LogP contribution in [-0.4, -0.2) is 22.8 Å². The summed E-state index contributed by atoms with van der Waals surface area (Å²) >= 11 is 0. The first-order valence-corrected chi connectivity index (χ1v) is 11.2. The van der Waals surface area contributed by atoms with Crippen LogP contribution in [0.4, 0.5) is 10.1 Å². The van der Waals surface area contributed by atoms with Crippen molar-refractivity contribution in [2.75, 3.05) is 5.01 Å². The first-order valence-electron chi connectivity index (χ1n) is 11.2. The Labute approximate surface area is 202 Å². The number of carbonyl (C=O) groups is 1. The highest BCUT2D eigenvalue weighted by Crippen LogP contribution is 2.36. The van der Waals surface area contributed by atoms with Gasteiger partial charge in [0.15, 0.2) is 0 Å². The molecule has 5 rings (SSSR count). The molecule has 1 N–H and O–H groups in total. The maximum atomic E-state index is 13.5. The van der Waals surface area contributed by atoms with Crippen molar-refractivity contribution < 1.29 is 9.18 Å². The second-order valence-electron chi connectivity index (χ2n) is 8.06. The maximum Gasteiger partial charge on any atom is 0.271 e. The molecule has 0 saturated heterocycles. The second-order valence-corrected chi connectivity index (χ2v) is 8.06. The van der Waals surface area contributed by atoms with E-state index in [1.807, 2.05) is 71.7 Å². The molecule has 1 unspecified atom stereocenters. The molecule has 1 aliphatic heterocycles. The van der Waals surface area contributed by atoms with Crippen LogP contribution >= 0.6 is 0 Å². The molecule has 4 aromatic rings. The first kappa shape index (κ1) is 22.2. The van der Waals surface area contributed by atoms with E-state index in [0.29, 0.717) is 12.0 Å². The molecule has 2 heterocycles. The van der Waals surface area contributed by atoms with Gasteiger partial charge in [0, 0.05) is 24.4 Å². The van der Waals surface area contributed by atoms with E-state index in [4.69, 9.17) is 5.10 Å². The van der Waals surface area contributed by atoms with E-state index in [-0.39, 0.29) is 17.8 Å². The van der Waals surface area contributed by atoms with Gasteiger partial charge >= 0.3 is 0 Å². The fourth-order valence-corrected chi connectivity index (χ4v) is 3.94. The number of hydrazone groups is 2. The van der Waals surface area contributed by atoms with E-state index in [9.17, 15) is 9.18 Å². The Bertz CT molecular complexity index is 1350. The maximum absolute atomic E-state index is 13.5. The third-order valence-corrected chi connectivity index (χ3v) is 5.75. The zero-order valence-electron chi connectivity index (χ0n) is 18.8. The highest BCUT2D eigenvalue weighted by atomic mass is 19.1. The normalized spacial score (nSPS) is 15.3. The number of pyridine rings is 1. The molecule has 7 heteroatoms. The van der Waals surface area contributed by atoms with Crippen molar-refractivity contribution in [3.05, 3.63) is 131 Å². The topological polar surface area (TPSA) is 70.0 Å². The molecular formula is C28H22FN5O. The Morgan fingerprint density at radius 2 is 1.66 bits per heavy atom. The van der Waals surface area contributed by atoms with Gasteiger partial charge in [-0.05, 0) is 53.1 Å². The summed E-state index contributed by atoms with van der Waals surface area (Å²) in [5.41, 5.74) is 7.77. The van der Waals surface area contributed by atoms with Gasteiger partial charge in [0.05, 0.1) is 23.7 Å². The monoisotopic (exact) mass is 463 g/mol. The number of halogens is 1. The molecule has 0 radical (unpaired) electrons. The Morgan fingerprint density at radius 3 is 2.37 bits per heavy atom. The second kappa shape index (κ2) is 10.1. The molecule has 6 nitrogen and oxygen atoms in total. The molecule has 0 saturated carbocycles. The molecular weight excluding hydrogens is 441 g/mol. The lowest BCUT2D eigenvalue weighted by atomic mass is 9.98. The number of carbonyl (C=O) groups excluding carboxylic acids is 1. The quantitative estimate of drug-likeness (QED) is 0.310. The first-order chi connectivity index (χ1) is 17.2. The van der Waals surface area contributed by atoms with Crippen LogP contribution in [-0.2, 0) is 0 Å². The lowest BCUT2D eigenvalue weighted by Gasteiger charge is -2.24. The van der Waals surface area contributed by atoms with Gasteiger partial charge < -0.3 is 0 Å². The number of hydrogen-bond acceptors (Lipinski definition) is 5. The zero-order valence-corrected chi connectivity index (χ0v) is 18.8. The fraction of sp³-hybridized carbons (Fsp3) is 0.0714. The van der Waals surface area contributed by atoms with Gasteiger partial charge in [0.2, 0.25) is 0 Å². The molecule has 1 aliphatic rings. The van der Waals surface area contributed by atoms with Gasteiger partial charge in [-0.3, -0.25) is 14.8 Å². The predicted molar refractivity (Wildman–Crippen MR) is 135 cm³/mol. The summed E-state index contributed by atoms with van der Waals surface area (Å²) in [5, 5.41) is 10.9. The third kappa shape index (κ3) is 5.14. The highest BCUT2D eigenvalue weighted by molar-refractivity contribution is 6.03. The van der Waals surface area contributed by atoms with E-state index < -0.39 is 0 Å². The minimum absolute atomic E-state index is 0.0510. The summed E-state index contributed by atoms with van der Waals surface area (Å²) in [6.45, 7) is 0. The molecule has 0 aliphatic carbocycles. The Kier molecular flexibility index (Phi) is 6.39. The van der Waals surface area contributed by atoms with E-state index in [0.717, 1.165) is 28.1 Å². The van der Waals surface area contributed by atoms with Crippen molar-refractivity contribution in [2.45, 2.75) is 12.5 Å². The summed E-state index contributed by atoms with van der Waals surface area (Å²) in [6, 6.07) is 27.6. The van der Waals surface area contributed by atoms with Crippen molar-refractivity contribution in [3.8, 4) is 0 Å². The summed E-state index contributed by atoms with van der Waals surface area (Å²) in [4.78, 5) is 16.0. The molecule has 0 bridgehead atoms. The van der Waals surface area contributed by atoms with Crippen molar-refractivity contribution in [3.63, 3.8) is 0 Å². The van der Waals surface area contributed by atoms with E-state index in [2.05, 4.69) is 15.5 Å². The standard InChI is InChI=1S/C28H22FN5O/c29-24-10-8-22(9-11-24)27-18-26(21-4-2-1-3-5-21)33-34(27)25-12-6-20(7-13-25)19-31-32-28(35)23-14-16-30-17-15-23/h1-17,19,27H,18H2,(H,32,35). The Morgan fingerprint density at radius 1 is 0.943 bits per heavy atom. The number of nitrogens with zero attached hydrogens (tertiary/aromatic N) is 4. The molecule has 1 amide bonds. The summed E-state index contributed by atoms with van der Waals surface area (Å²) in [7, 11) is 0. The summed E-state index contributed by atoms with van der Waals surface area (Å²) < 4.78 is 13.5. The minimum atomic E-state index is -0.303. The predicted octanol–water partition coefficient (Wildman–Crippen LogP) is 5.34. The number of aromatic nitrogens is 1. The van der Waals surface area contributed by atoms with E-state index in [1.165, 1.54) is 12.1 Å². The number of benzene rings is 3. The van der Waals surface area contributed by atoms with Crippen molar-refractivity contribution in [1.29, 1.82) is 0 Å². The van der Waals surface area contributed by atoms with Crippen LogP contribution in [0.2, 0.25) is 0 Å². The molecule has 0 fully saturated rings. The summed E-state index contributed by atoms with van der Waals surface area (Å²) in [5.74, 6) is -0.565.